The minimum absolute atomic E-state index is 0.111. The van der Waals surface area contributed by atoms with Crippen molar-refractivity contribution in [1.29, 1.82) is 0 Å². The van der Waals surface area contributed by atoms with Crippen LogP contribution in [0.4, 0.5) is 5.95 Å². The Balaban J connectivity index is 1.69. The van der Waals surface area contributed by atoms with Crippen molar-refractivity contribution in [3.63, 3.8) is 0 Å². The van der Waals surface area contributed by atoms with Gasteiger partial charge in [0.25, 0.3) is 5.56 Å². The molecule has 1 N–H and O–H groups in total. The van der Waals surface area contributed by atoms with E-state index >= 15 is 0 Å². The maximum atomic E-state index is 12.4. The lowest BCUT2D eigenvalue weighted by Crippen LogP contribution is -2.20. The van der Waals surface area contributed by atoms with E-state index in [1.54, 1.807) is 12.3 Å². The highest BCUT2D eigenvalue weighted by atomic mass is 79.9. The fraction of sp³-hybridized carbons (Fsp3) is 0.278. The zero-order chi connectivity index (χ0) is 17.4. The van der Waals surface area contributed by atoms with E-state index in [0.29, 0.717) is 0 Å². The highest BCUT2D eigenvalue weighted by Crippen LogP contribution is 2.23. The van der Waals surface area contributed by atoms with Gasteiger partial charge in [-0.2, -0.15) is 0 Å². The second-order valence-electron chi connectivity index (χ2n) is 6.18. The standard InChI is InChI=1S/C18H18BrN5O/c1-12-15(11-20-18(21-12)23-8-2-3-9-23)16-10-17(25)24(22-16)14-6-4-13(19)5-7-14/h4-7,10-11,22H,2-3,8-9H2,1H3. The summed E-state index contributed by atoms with van der Waals surface area (Å²) in [7, 11) is 0. The van der Waals surface area contributed by atoms with E-state index in [1.807, 2.05) is 31.2 Å². The Morgan fingerprint density at radius 3 is 2.56 bits per heavy atom. The number of hydrogen-bond acceptors (Lipinski definition) is 4. The van der Waals surface area contributed by atoms with E-state index in [4.69, 9.17) is 0 Å². The number of aryl methyl sites for hydroxylation is 1. The van der Waals surface area contributed by atoms with Gasteiger partial charge in [-0.25, -0.2) is 14.6 Å². The van der Waals surface area contributed by atoms with Crippen LogP contribution < -0.4 is 10.5 Å². The summed E-state index contributed by atoms with van der Waals surface area (Å²) in [6, 6.07) is 9.16. The normalized spacial score (nSPS) is 14.2. The van der Waals surface area contributed by atoms with Gasteiger partial charge in [-0.3, -0.25) is 9.89 Å². The predicted molar refractivity (Wildman–Crippen MR) is 101 cm³/mol. The molecule has 0 unspecified atom stereocenters. The molecule has 4 rings (SSSR count). The quantitative estimate of drug-likeness (QED) is 0.733. The molecule has 1 aliphatic heterocycles. The zero-order valence-electron chi connectivity index (χ0n) is 13.9. The van der Waals surface area contributed by atoms with Crippen molar-refractivity contribution >= 4 is 21.9 Å². The number of nitrogens with zero attached hydrogens (tertiary/aromatic N) is 4. The number of nitrogens with one attached hydrogen (secondary N) is 1. The van der Waals surface area contributed by atoms with Crippen molar-refractivity contribution in [2.24, 2.45) is 0 Å². The van der Waals surface area contributed by atoms with Crippen LogP contribution in [0.1, 0.15) is 18.5 Å². The predicted octanol–water partition coefficient (Wildman–Crippen LogP) is 3.29. The van der Waals surface area contributed by atoms with E-state index in [9.17, 15) is 4.79 Å². The Morgan fingerprint density at radius 2 is 1.88 bits per heavy atom. The fourth-order valence-corrected chi connectivity index (χ4v) is 3.37. The molecule has 7 heteroatoms. The van der Waals surface area contributed by atoms with Crippen LogP contribution in [0.15, 0.2) is 45.8 Å². The average Bonchev–Trinajstić information content (AvgIpc) is 3.25. The van der Waals surface area contributed by atoms with Gasteiger partial charge in [0.05, 0.1) is 17.1 Å². The molecule has 3 heterocycles. The molecule has 1 fully saturated rings. The van der Waals surface area contributed by atoms with Gasteiger partial charge in [0.15, 0.2) is 0 Å². The van der Waals surface area contributed by atoms with Gasteiger partial charge in [-0.15, -0.1) is 0 Å². The summed E-state index contributed by atoms with van der Waals surface area (Å²) in [5.41, 5.74) is 3.10. The van der Waals surface area contributed by atoms with Gasteiger partial charge in [-0.1, -0.05) is 15.9 Å². The van der Waals surface area contributed by atoms with Gasteiger partial charge >= 0.3 is 0 Å². The van der Waals surface area contributed by atoms with Crippen molar-refractivity contribution in [2.75, 3.05) is 18.0 Å². The Bertz CT molecular complexity index is 954. The third-order valence-electron chi connectivity index (χ3n) is 4.45. The highest BCUT2D eigenvalue weighted by Gasteiger charge is 2.17. The molecule has 0 aliphatic carbocycles. The molecule has 0 spiro atoms. The second-order valence-corrected chi connectivity index (χ2v) is 7.10. The molecule has 1 saturated heterocycles. The van der Waals surface area contributed by atoms with E-state index < -0.39 is 0 Å². The van der Waals surface area contributed by atoms with Crippen LogP contribution in [0.25, 0.3) is 16.9 Å². The van der Waals surface area contributed by atoms with Crippen LogP contribution in [-0.4, -0.2) is 32.8 Å². The molecule has 2 aromatic heterocycles. The molecule has 0 amide bonds. The number of hydrogen-bond donors (Lipinski definition) is 1. The Labute approximate surface area is 153 Å². The Hall–Kier alpha value is -2.41. The van der Waals surface area contributed by atoms with Crippen molar-refractivity contribution in [3.8, 4) is 16.9 Å². The summed E-state index contributed by atoms with van der Waals surface area (Å²) in [6.07, 6.45) is 4.17. The van der Waals surface area contributed by atoms with Gasteiger partial charge < -0.3 is 4.90 Å². The first kappa shape index (κ1) is 16.1. The minimum atomic E-state index is -0.111. The van der Waals surface area contributed by atoms with Crippen LogP contribution in [0.2, 0.25) is 0 Å². The number of aromatic nitrogens is 4. The van der Waals surface area contributed by atoms with E-state index in [1.165, 1.54) is 17.5 Å². The molecule has 0 radical (unpaired) electrons. The number of aromatic amines is 1. The molecule has 0 bridgehead atoms. The van der Waals surface area contributed by atoms with Crippen LogP contribution in [0.3, 0.4) is 0 Å². The topological polar surface area (TPSA) is 66.8 Å². The molecular formula is C18H18BrN5O. The maximum Gasteiger partial charge on any atom is 0.271 e. The lowest BCUT2D eigenvalue weighted by Gasteiger charge is -2.16. The van der Waals surface area contributed by atoms with E-state index in [2.05, 4.69) is 35.9 Å². The summed E-state index contributed by atoms with van der Waals surface area (Å²) < 4.78 is 2.49. The number of H-pyrrole nitrogens is 1. The first-order valence-electron chi connectivity index (χ1n) is 8.29. The van der Waals surface area contributed by atoms with E-state index in [0.717, 1.165) is 46.1 Å². The molecule has 1 aliphatic rings. The van der Waals surface area contributed by atoms with Gasteiger partial charge in [-0.05, 0) is 44.0 Å². The Kier molecular flexibility index (Phi) is 4.17. The van der Waals surface area contributed by atoms with Gasteiger partial charge in [0.1, 0.15) is 0 Å². The molecule has 3 aromatic rings. The summed E-state index contributed by atoms with van der Waals surface area (Å²) in [5, 5.41) is 3.16. The molecular weight excluding hydrogens is 382 g/mol. The third-order valence-corrected chi connectivity index (χ3v) is 4.98. The molecule has 6 nitrogen and oxygen atoms in total. The van der Waals surface area contributed by atoms with Gasteiger partial charge in [0.2, 0.25) is 5.95 Å². The summed E-state index contributed by atoms with van der Waals surface area (Å²) in [4.78, 5) is 23.7. The first-order chi connectivity index (χ1) is 12.1. The summed E-state index contributed by atoms with van der Waals surface area (Å²) in [6.45, 7) is 3.97. The monoisotopic (exact) mass is 399 g/mol. The smallest absolute Gasteiger partial charge is 0.271 e. The number of rotatable bonds is 3. The lowest BCUT2D eigenvalue weighted by molar-refractivity contribution is 0.849. The SMILES string of the molecule is Cc1nc(N2CCCC2)ncc1-c1cc(=O)n(-c2ccc(Br)cc2)[nH]1. The third kappa shape index (κ3) is 3.11. The highest BCUT2D eigenvalue weighted by molar-refractivity contribution is 9.10. The second kappa shape index (κ2) is 6.48. The van der Waals surface area contributed by atoms with Crippen molar-refractivity contribution in [2.45, 2.75) is 19.8 Å². The molecule has 0 saturated carbocycles. The van der Waals surface area contributed by atoms with E-state index in [-0.39, 0.29) is 5.56 Å². The zero-order valence-corrected chi connectivity index (χ0v) is 15.5. The molecule has 1 aromatic carbocycles. The minimum Gasteiger partial charge on any atom is -0.341 e. The van der Waals surface area contributed by atoms with Gasteiger partial charge in [0, 0.05) is 35.4 Å². The summed E-state index contributed by atoms with van der Waals surface area (Å²) in [5.74, 6) is 0.772. The average molecular weight is 400 g/mol. The maximum absolute atomic E-state index is 12.4. The number of halogens is 1. The first-order valence-corrected chi connectivity index (χ1v) is 9.08. The molecule has 25 heavy (non-hydrogen) atoms. The fourth-order valence-electron chi connectivity index (χ4n) is 3.10. The molecule has 0 atom stereocenters. The Morgan fingerprint density at radius 1 is 1.16 bits per heavy atom. The number of benzene rings is 1. The van der Waals surface area contributed by atoms with Crippen LogP contribution >= 0.6 is 15.9 Å². The van der Waals surface area contributed by atoms with Crippen molar-refractivity contribution in [1.82, 2.24) is 19.7 Å². The van der Waals surface area contributed by atoms with Crippen molar-refractivity contribution < 1.29 is 0 Å². The van der Waals surface area contributed by atoms with Crippen LogP contribution in [0.5, 0.6) is 0 Å². The van der Waals surface area contributed by atoms with Crippen LogP contribution in [-0.2, 0) is 0 Å². The lowest BCUT2D eigenvalue weighted by atomic mass is 10.2. The van der Waals surface area contributed by atoms with Crippen molar-refractivity contribution in [3.05, 3.63) is 57.0 Å². The van der Waals surface area contributed by atoms with Crippen LogP contribution in [0, 0.1) is 6.92 Å². The number of anilines is 1. The summed E-state index contributed by atoms with van der Waals surface area (Å²) >= 11 is 3.40. The molecule has 128 valence electrons. The largest absolute Gasteiger partial charge is 0.341 e.